The van der Waals surface area contributed by atoms with Gasteiger partial charge in [-0.1, -0.05) is 0 Å². The van der Waals surface area contributed by atoms with Crippen LogP contribution in [0.15, 0.2) is 41.5 Å². The number of nitrogens with one attached hydrogen (secondary N) is 1. The Morgan fingerprint density at radius 3 is 2.89 bits per heavy atom. The van der Waals surface area contributed by atoms with Crippen LogP contribution >= 0.6 is 0 Å². The lowest BCUT2D eigenvalue weighted by molar-refractivity contribution is 0.0746. The Balaban J connectivity index is 1.54. The smallest absolute Gasteiger partial charge is 0.268 e. The van der Waals surface area contributed by atoms with Crippen LogP contribution in [0.1, 0.15) is 27.2 Å². The van der Waals surface area contributed by atoms with Gasteiger partial charge in [0.05, 0.1) is 24.1 Å². The highest BCUT2D eigenvalue weighted by Gasteiger charge is 2.29. The fourth-order valence-electron chi connectivity index (χ4n) is 3.49. The summed E-state index contributed by atoms with van der Waals surface area (Å²) in [4.78, 5) is 27.8. The number of hydrogen-bond donors (Lipinski definition) is 1. The Morgan fingerprint density at radius 1 is 1.19 bits per heavy atom. The minimum Gasteiger partial charge on any atom is -0.454 e. The van der Waals surface area contributed by atoms with Crippen molar-refractivity contribution in [2.24, 2.45) is 0 Å². The van der Waals surface area contributed by atoms with Gasteiger partial charge < -0.3 is 14.4 Å². The molecular formula is C19H16N4O4. The average Bonchev–Trinajstić information content (AvgIpc) is 3.36. The zero-order chi connectivity index (χ0) is 18.5. The number of H-pyrrole nitrogens is 1. The number of aryl methyl sites for hydroxylation is 1. The molecule has 1 aromatic carbocycles. The van der Waals surface area contributed by atoms with Crippen molar-refractivity contribution in [1.29, 1.82) is 0 Å². The molecule has 0 spiro atoms. The largest absolute Gasteiger partial charge is 0.454 e. The molecule has 2 aliphatic heterocycles. The summed E-state index contributed by atoms with van der Waals surface area (Å²) in [5.41, 5.74) is 2.98. The zero-order valence-electron chi connectivity index (χ0n) is 14.6. The molecule has 2 aromatic heterocycles. The Hall–Kier alpha value is -3.55. The average molecular weight is 364 g/mol. The van der Waals surface area contributed by atoms with Gasteiger partial charge in [-0.3, -0.25) is 19.3 Å². The van der Waals surface area contributed by atoms with Crippen molar-refractivity contribution >= 4 is 5.91 Å². The van der Waals surface area contributed by atoms with Crippen molar-refractivity contribution in [3.8, 4) is 17.2 Å². The van der Waals surface area contributed by atoms with Crippen molar-refractivity contribution in [3.63, 3.8) is 0 Å². The first-order valence-corrected chi connectivity index (χ1v) is 8.54. The first-order chi connectivity index (χ1) is 13.1. The number of amides is 1. The van der Waals surface area contributed by atoms with Crippen LogP contribution < -0.4 is 15.0 Å². The van der Waals surface area contributed by atoms with E-state index in [0.717, 1.165) is 11.3 Å². The van der Waals surface area contributed by atoms with Crippen molar-refractivity contribution < 1.29 is 14.3 Å². The predicted octanol–water partition coefficient (Wildman–Crippen LogP) is 1.75. The second kappa shape index (κ2) is 5.73. The third-order valence-corrected chi connectivity index (χ3v) is 4.95. The normalized spacial score (nSPS) is 14.5. The van der Waals surface area contributed by atoms with E-state index in [1.807, 2.05) is 0 Å². The number of carbonyl (C=O) groups excluding carboxylic acids is 1. The molecule has 0 radical (unpaired) electrons. The highest BCUT2D eigenvalue weighted by Crippen LogP contribution is 2.33. The molecule has 8 nitrogen and oxygen atoms in total. The van der Waals surface area contributed by atoms with Gasteiger partial charge in [-0.2, -0.15) is 5.10 Å². The predicted molar refractivity (Wildman–Crippen MR) is 95.1 cm³/mol. The lowest BCUT2D eigenvalue weighted by Gasteiger charge is -2.17. The van der Waals surface area contributed by atoms with E-state index >= 15 is 0 Å². The van der Waals surface area contributed by atoms with E-state index in [4.69, 9.17) is 9.47 Å². The number of pyridine rings is 1. The first kappa shape index (κ1) is 15.7. The third kappa shape index (κ3) is 2.41. The molecule has 0 atom stereocenters. The number of carbonyl (C=O) groups is 1. The van der Waals surface area contributed by atoms with Gasteiger partial charge in [0.25, 0.3) is 11.5 Å². The molecule has 8 heteroatoms. The van der Waals surface area contributed by atoms with Gasteiger partial charge in [0.1, 0.15) is 5.56 Å². The Morgan fingerprint density at radius 2 is 2.04 bits per heavy atom. The number of ether oxygens (including phenoxy) is 2. The number of aromatic nitrogens is 3. The summed E-state index contributed by atoms with van der Waals surface area (Å²) in [5.74, 6) is 0.942. The Labute approximate surface area is 153 Å². The molecule has 136 valence electrons. The Kier molecular flexibility index (Phi) is 3.33. The van der Waals surface area contributed by atoms with Crippen molar-refractivity contribution in [2.75, 3.05) is 6.79 Å². The van der Waals surface area contributed by atoms with Crippen molar-refractivity contribution in [2.45, 2.75) is 20.0 Å². The minimum absolute atomic E-state index is 0.162. The quantitative estimate of drug-likeness (QED) is 0.748. The molecule has 3 aromatic rings. The van der Waals surface area contributed by atoms with E-state index in [1.54, 1.807) is 48.5 Å². The lowest BCUT2D eigenvalue weighted by atomic mass is 10.1. The molecule has 5 rings (SSSR count). The number of rotatable bonds is 2. The summed E-state index contributed by atoms with van der Waals surface area (Å²) in [6, 6.07) is 7.03. The van der Waals surface area contributed by atoms with E-state index in [0.29, 0.717) is 35.8 Å². The van der Waals surface area contributed by atoms with Crippen LogP contribution in [0.5, 0.6) is 11.5 Å². The van der Waals surface area contributed by atoms with Gasteiger partial charge in [0, 0.05) is 24.4 Å². The topological polar surface area (TPSA) is 89.4 Å². The molecule has 27 heavy (non-hydrogen) atoms. The van der Waals surface area contributed by atoms with Gasteiger partial charge in [-0.25, -0.2) is 0 Å². The number of hydrogen-bond acceptors (Lipinski definition) is 5. The molecule has 0 saturated heterocycles. The number of benzene rings is 1. The van der Waals surface area contributed by atoms with E-state index in [-0.39, 0.29) is 23.8 Å². The lowest BCUT2D eigenvalue weighted by Crippen LogP contribution is -2.34. The number of aromatic amines is 1. The fourth-order valence-corrected chi connectivity index (χ4v) is 3.49. The monoisotopic (exact) mass is 364 g/mol. The maximum atomic E-state index is 13.1. The summed E-state index contributed by atoms with van der Waals surface area (Å²) in [6.07, 6.45) is 3.38. The van der Waals surface area contributed by atoms with Gasteiger partial charge in [0.15, 0.2) is 11.5 Å². The van der Waals surface area contributed by atoms with E-state index in [2.05, 4.69) is 10.2 Å². The Bertz CT molecular complexity index is 1110. The SMILES string of the molecule is Cc1ccn(-c2ccc3c(c2)OCO3)c(=O)c1C(=O)N1Cc2cn[nH]c2C1. The summed E-state index contributed by atoms with van der Waals surface area (Å²) < 4.78 is 12.2. The number of fused-ring (bicyclic) bond motifs is 2. The molecule has 1 N–H and O–H groups in total. The molecule has 0 saturated carbocycles. The van der Waals surface area contributed by atoms with Gasteiger partial charge in [-0.05, 0) is 30.7 Å². The summed E-state index contributed by atoms with van der Waals surface area (Å²) in [7, 11) is 0. The van der Waals surface area contributed by atoms with Crippen molar-refractivity contribution in [3.05, 3.63) is 69.4 Å². The molecule has 4 heterocycles. The van der Waals surface area contributed by atoms with E-state index in [1.165, 1.54) is 4.57 Å². The molecule has 0 unspecified atom stereocenters. The van der Waals surface area contributed by atoms with Gasteiger partial charge in [-0.15, -0.1) is 0 Å². The first-order valence-electron chi connectivity index (χ1n) is 8.54. The molecular weight excluding hydrogens is 348 g/mol. The summed E-state index contributed by atoms with van der Waals surface area (Å²) in [5, 5.41) is 6.87. The van der Waals surface area contributed by atoms with Crippen LogP contribution in [-0.4, -0.2) is 32.4 Å². The second-order valence-electron chi connectivity index (χ2n) is 6.62. The van der Waals surface area contributed by atoms with Crippen LogP contribution in [0.2, 0.25) is 0 Å². The van der Waals surface area contributed by atoms with E-state index in [9.17, 15) is 9.59 Å². The molecule has 0 bridgehead atoms. The van der Waals surface area contributed by atoms with Crippen LogP contribution in [0.4, 0.5) is 0 Å². The van der Waals surface area contributed by atoms with Gasteiger partial charge in [0.2, 0.25) is 6.79 Å². The highest BCUT2D eigenvalue weighted by atomic mass is 16.7. The molecule has 1 amide bonds. The van der Waals surface area contributed by atoms with Crippen LogP contribution in [-0.2, 0) is 13.1 Å². The fraction of sp³-hybridized carbons (Fsp3) is 0.211. The van der Waals surface area contributed by atoms with Crippen LogP contribution in [0.25, 0.3) is 5.69 Å². The molecule has 2 aliphatic rings. The van der Waals surface area contributed by atoms with Gasteiger partial charge >= 0.3 is 0 Å². The summed E-state index contributed by atoms with van der Waals surface area (Å²) >= 11 is 0. The second-order valence-corrected chi connectivity index (χ2v) is 6.62. The third-order valence-electron chi connectivity index (χ3n) is 4.95. The van der Waals surface area contributed by atoms with E-state index < -0.39 is 0 Å². The van der Waals surface area contributed by atoms with Crippen LogP contribution in [0.3, 0.4) is 0 Å². The summed E-state index contributed by atoms with van der Waals surface area (Å²) in [6.45, 7) is 2.80. The minimum atomic E-state index is -0.354. The molecule has 0 aliphatic carbocycles. The maximum Gasteiger partial charge on any atom is 0.268 e. The molecule has 0 fully saturated rings. The number of nitrogens with zero attached hydrogens (tertiary/aromatic N) is 3. The highest BCUT2D eigenvalue weighted by molar-refractivity contribution is 5.95. The van der Waals surface area contributed by atoms with Crippen LogP contribution in [0, 0.1) is 6.92 Å². The maximum absolute atomic E-state index is 13.1. The zero-order valence-corrected chi connectivity index (χ0v) is 14.6. The van der Waals surface area contributed by atoms with Crippen molar-refractivity contribution in [1.82, 2.24) is 19.7 Å². The standard InChI is InChI=1S/C19H16N4O4/c1-11-4-5-23(13-2-3-15-16(6-13)27-10-26-15)19(25)17(11)18(24)22-8-12-7-20-21-14(12)9-22/h2-7H,8-10H2,1H3,(H,20,21).